The molecule has 0 bridgehead atoms. The molecule has 9 heteroatoms. The lowest BCUT2D eigenvalue weighted by atomic mass is 10.3. The summed E-state index contributed by atoms with van der Waals surface area (Å²) in [6, 6.07) is 11.7. The maximum Gasteiger partial charge on any atom is 0.227 e. The molecule has 2 fully saturated rings. The molecule has 1 aromatic carbocycles. The second kappa shape index (κ2) is 9.07. The summed E-state index contributed by atoms with van der Waals surface area (Å²) in [5.41, 5.74) is 1.76. The average Bonchev–Trinajstić information content (AvgIpc) is 3.42. The van der Waals surface area contributed by atoms with Gasteiger partial charge in [-0.1, -0.05) is 11.8 Å². The van der Waals surface area contributed by atoms with E-state index in [0.717, 1.165) is 44.1 Å². The molecule has 32 heavy (non-hydrogen) atoms. The molecule has 1 atom stereocenters. The van der Waals surface area contributed by atoms with Crippen LogP contribution in [0.5, 0.6) is 0 Å². The van der Waals surface area contributed by atoms with E-state index in [1.165, 1.54) is 11.8 Å². The second-order valence-electron chi connectivity index (χ2n) is 8.17. The smallest absolute Gasteiger partial charge is 0.227 e. The lowest BCUT2D eigenvalue weighted by Crippen LogP contribution is -2.20. The molecule has 1 saturated carbocycles. The molecule has 2 N–H and O–H groups in total. The van der Waals surface area contributed by atoms with Gasteiger partial charge in [0.1, 0.15) is 17.0 Å². The van der Waals surface area contributed by atoms with Crippen LogP contribution in [0, 0.1) is 12.8 Å². The number of nitrogens with zero attached hydrogens (tertiary/aromatic N) is 3. The minimum atomic E-state index is -0.796. The van der Waals surface area contributed by atoms with Crippen LogP contribution in [-0.4, -0.2) is 35.1 Å². The summed E-state index contributed by atoms with van der Waals surface area (Å²) in [6.45, 7) is 3.11. The number of hydrogen-bond donors (Lipinski definition) is 2. The van der Waals surface area contributed by atoms with Gasteiger partial charge in [0.2, 0.25) is 5.91 Å². The highest BCUT2D eigenvalue weighted by Gasteiger charge is 2.29. The van der Waals surface area contributed by atoms with Crippen molar-refractivity contribution < 1.29 is 9.18 Å². The van der Waals surface area contributed by atoms with Gasteiger partial charge in [-0.2, -0.15) is 0 Å². The normalized spacial score (nSPS) is 18.1. The van der Waals surface area contributed by atoms with E-state index in [9.17, 15) is 9.18 Å². The number of carbonyl (C=O) groups is 1. The lowest BCUT2D eigenvalue weighted by Gasteiger charge is -2.19. The largest absolute Gasteiger partial charge is 0.368 e. The third-order valence-corrected chi connectivity index (χ3v) is 7.19. The predicted molar refractivity (Wildman–Crippen MR) is 128 cm³/mol. The summed E-state index contributed by atoms with van der Waals surface area (Å²) in [4.78, 5) is 25.3. The van der Waals surface area contributed by atoms with Gasteiger partial charge in [-0.05, 0) is 56.5 Å². The molecule has 0 spiro atoms. The van der Waals surface area contributed by atoms with Crippen molar-refractivity contribution in [2.24, 2.45) is 5.92 Å². The lowest BCUT2D eigenvalue weighted by molar-refractivity contribution is -0.117. The van der Waals surface area contributed by atoms with Crippen LogP contribution in [0.2, 0.25) is 0 Å². The van der Waals surface area contributed by atoms with Crippen molar-refractivity contribution in [3.63, 3.8) is 0 Å². The van der Waals surface area contributed by atoms with Crippen molar-refractivity contribution in [2.45, 2.75) is 42.3 Å². The fourth-order valence-corrected chi connectivity index (χ4v) is 5.09. The Balaban J connectivity index is 1.35. The number of nitrogens with one attached hydrogen (secondary N) is 2. The van der Waals surface area contributed by atoms with E-state index in [-0.39, 0.29) is 11.8 Å². The number of benzene rings is 1. The number of amides is 1. The molecule has 5 rings (SSSR count). The molecule has 6 nitrogen and oxygen atoms in total. The fraction of sp³-hybridized carbons (Fsp3) is 0.348. The molecular formula is C23H24FN5OS2. The highest BCUT2D eigenvalue weighted by atomic mass is 32.2. The number of hydrogen-bond acceptors (Lipinski definition) is 7. The standard InChI is InChI=1S/C23H24FN5OS2/c1-14-12-25-23(31-14)28-20-10-18(29-9-8-16(24)13-29)11-21(27-20)32-19-6-4-17(5-7-19)26-22(30)15-2-3-15/h4-7,10-12,15-16H,2-3,8-9,13H2,1H3,(H,26,30)(H,25,27,28). The van der Waals surface area contributed by atoms with Crippen molar-refractivity contribution in [1.82, 2.24) is 9.97 Å². The summed E-state index contributed by atoms with van der Waals surface area (Å²) in [5.74, 6) is 0.970. The van der Waals surface area contributed by atoms with E-state index in [2.05, 4.69) is 20.5 Å². The molecule has 1 saturated heterocycles. The number of halogens is 1. The van der Waals surface area contributed by atoms with Crippen LogP contribution in [-0.2, 0) is 4.79 Å². The van der Waals surface area contributed by atoms with Crippen LogP contribution < -0.4 is 15.5 Å². The number of alkyl halides is 1. The number of anilines is 4. The number of carbonyl (C=O) groups excluding carboxylic acids is 1. The predicted octanol–water partition coefficient (Wildman–Crippen LogP) is 5.64. The number of thiazole rings is 1. The van der Waals surface area contributed by atoms with Gasteiger partial charge in [-0.15, -0.1) is 11.3 Å². The van der Waals surface area contributed by atoms with Gasteiger partial charge >= 0.3 is 0 Å². The van der Waals surface area contributed by atoms with Gasteiger partial charge in [-0.3, -0.25) is 4.79 Å². The molecule has 2 aromatic heterocycles. The van der Waals surface area contributed by atoms with Crippen LogP contribution in [0.25, 0.3) is 0 Å². The van der Waals surface area contributed by atoms with Crippen molar-refractivity contribution in [2.75, 3.05) is 28.6 Å². The summed E-state index contributed by atoms with van der Waals surface area (Å²) in [7, 11) is 0. The second-order valence-corrected chi connectivity index (χ2v) is 10.5. The van der Waals surface area contributed by atoms with Crippen molar-refractivity contribution in [3.8, 4) is 0 Å². The Labute approximate surface area is 194 Å². The molecule has 2 aliphatic rings. The zero-order valence-corrected chi connectivity index (χ0v) is 19.3. The summed E-state index contributed by atoms with van der Waals surface area (Å²) < 4.78 is 13.8. The molecule has 1 amide bonds. The Hall–Kier alpha value is -2.65. The van der Waals surface area contributed by atoms with E-state index in [1.54, 1.807) is 11.3 Å². The van der Waals surface area contributed by atoms with Crippen molar-refractivity contribution >= 4 is 51.3 Å². The third kappa shape index (κ3) is 5.21. The summed E-state index contributed by atoms with van der Waals surface area (Å²) in [5, 5.41) is 7.85. The van der Waals surface area contributed by atoms with Gasteiger partial charge in [0.05, 0.1) is 0 Å². The molecule has 1 aliphatic carbocycles. The van der Waals surface area contributed by atoms with E-state index >= 15 is 0 Å². The van der Waals surface area contributed by atoms with Gasteiger partial charge in [0.25, 0.3) is 0 Å². The highest BCUT2D eigenvalue weighted by Crippen LogP contribution is 2.35. The quantitative estimate of drug-likeness (QED) is 0.467. The van der Waals surface area contributed by atoms with E-state index in [1.807, 2.05) is 49.5 Å². The van der Waals surface area contributed by atoms with Gasteiger partial charge in [0.15, 0.2) is 5.13 Å². The Bertz CT molecular complexity index is 1120. The Morgan fingerprint density at radius 3 is 2.69 bits per heavy atom. The molecule has 1 aliphatic heterocycles. The number of aryl methyl sites for hydroxylation is 1. The minimum Gasteiger partial charge on any atom is -0.368 e. The number of pyridine rings is 1. The molecule has 3 heterocycles. The van der Waals surface area contributed by atoms with Crippen molar-refractivity contribution in [3.05, 3.63) is 47.5 Å². The first-order valence-corrected chi connectivity index (χ1v) is 12.3. The first-order chi connectivity index (χ1) is 15.5. The Kier molecular flexibility index (Phi) is 6.01. The molecule has 1 unspecified atom stereocenters. The van der Waals surface area contributed by atoms with Crippen LogP contribution in [0.3, 0.4) is 0 Å². The van der Waals surface area contributed by atoms with Crippen LogP contribution in [0.15, 0.2) is 52.5 Å². The third-order valence-electron chi connectivity index (χ3n) is 5.43. The SMILES string of the molecule is Cc1cnc(Nc2cc(N3CCC(F)C3)cc(Sc3ccc(NC(=O)C4CC4)cc3)n2)s1. The minimum absolute atomic E-state index is 0.102. The summed E-state index contributed by atoms with van der Waals surface area (Å²) in [6.07, 6.45) is 3.55. The average molecular weight is 470 g/mol. The maximum absolute atomic E-state index is 13.8. The molecular weight excluding hydrogens is 445 g/mol. The number of aromatic nitrogens is 2. The van der Waals surface area contributed by atoms with Crippen LogP contribution in [0.1, 0.15) is 24.1 Å². The highest BCUT2D eigenvalue weighted by molar-refractivity contribution is 7.99. The Morgan fingerprint density at radius 2 is 2.03 bits per heavy atom. The summed E-state index contributed by atoms with van der Waals surface area (Å²) >= 11 is 3.10. The topological polar surface area (TPSA) is 70.2 Å². The van der Waals surface area contributed by atoms with E-state index < -0.39 is 6.17 Å². The van der Waals surface area contributed by atoms with Crippen LogP contribution >= 0.6 is 23.1 Å². The van der Waals surface area contributed by atoms with Gasteiger partial charge < -0.3 is 15.5 Å². The molecule has 3 aromatic rings. The first-order valence-electron chi connectivity index (χ1n) is 10.7. The number of rotatable bonds is 7. The fourth-order valence-electron chi connectivity index (χ4n) is 3.58. The monoisotopic (exact) mass is 469 g/mol. The van der Waals surface area contributed by atoms with E-state index in [4.69, 9.17) is 4.98 Å². The zero-order chi connectivity index (χ0) is 22.1. The van der Waals surface area contributed by atoms with Gasteiger partial charge in [-0.25, -0.2) is 14.4 Å². The maximum atomic E-state index is 13.8. The van der Waals surface area contributed by atoms with E-state index in [0.29, 0.717) is 25.3 Å². The Morgan fingerprint density at radius 1 is 1.22 bits per heavy atom. The van der Waals surface area contributed by atoms with Crippen LogP contribution in [0.4, 0.5) is 26.7 Å². The molecule has 0 radical (unpaired) electrons. The first kappa shape index (κ1) is 21.2. The van der Waals surface area contributed by atoms with Gasteiger partial charge in [0, 0.05) is 52.4 Å². The zero-order valence-electron chi connectivity index (χ0n) is 17.7. The van der Waals surface area contributed by atoms with Crippen molar-refractivity contribution in [1.29, 1.82) is 0 Å². The molecule has 166 valence electrons.